The SMILES string of the molecule is O=c1[nH]c(Cl)c(F)c(=O)n1CCCn1cccn1. The highest BCUT2D eigenvalue weighted by Crippen LogP contribution is 2.02. The molecule has 0 atom stereocenters. The van der Waals surface area contributed by atoms with Crippen LogP contribution in [0.15, 0.2) is 28.0 Å². The smallest absolute Gasteiger partial charge is 0.295 e. The molecule has 2 rings (SSSR count). The first-order valence-electron chi connectivity index (χ1n) is 5.25. The summed E-state index contributed by atoms with van der Waals surface area (Å²) in [6.45, 7) is 0.630. The van der Waals surface area contributed by atoms with E-state index in [-0.39, 0.29) is 6.54 Å². The number of aryl methyl sites for hydroxylation is 1. The Morgan fingerprint density at radius 3 is 2.83 bits per heavy atom. The van der Waals surface area contributed by atoms with Crippen LogP contribution in [0, 0.1) is 5.82 Å². The van der Waals surface area contributed by atoms with Crippen LogP contribution in [0.2, 0.25) is 5.15 Å². The molecule has 0 spiro atoms. The fourth-order valence-electron chi connectivity index (χ4n) is 1.55. The molecule has 2 aromatic heterocycles. The molecule has 0 aliphatic heterocycles. The van der Waals surface area contributed by atoms with Gasteiger partial charge in [0.05, 0.1) is 0 Å². The van der Waals surface area contributed by atoms with Gasteiger partial charge in [-0.3, -0.25) is 19.0 Å². The number of nitrogens with one attached hydrogen (secondary N) is 1. The zero-order chi connectivity index (χ0) is 13.1. The largest absolute Gasteiger partial charge is 0.329 e. The van der Waals surface area contributed by atoms with E-state index in [2.05, 4.69) is 10.1 Å². The lowest BCUT2D eigenvalue weighted by Gasteiger charge is -2.05. The molecule has 0 bridgehead atoms. The third kappa shape index (κ3) is 2.51. The van der Waals surface area contributed by atoms with Crippen molar-refractivity contribution in [2.24, 2.45) is 0 Å². The maximum atomic E-state index is 13.2. The summed E-state index contributed by atoms with van der Waals surface area (Å²) in [5.74, 6) is -1.14. The van der Waals surface area contributed by atoms with Crippen molar-refractivity contribution in [3.05, 3.63) is 50.3 Å². The van der Waals surface area contributed by atoms with Crippen LogP contribution in [0.5, 0.6) is 0 Å². The fourth-order valence-corrected chi connectivity index (χ4v) is 1.71. The van der Waals surface area contributed by atoms with Crippen molar-refractivity contribution in [2.45, 2.75) is 19.5 Å². The zero-order valence-electron chi connectivity index (χ0n) is 9.27. The Bertz CT molecular complexity index is 647. The van der Waals surface area contributed by atoms with Crippen LogP contribution >= 0.6 is 11.6 Å². The minimum Gasteiger partial charge on any atom is -0.295 e. The lowest BCUT2D eigenvalue weighted by Crippen LogP contribution is -2.37. The van der Waals surface area contributed by atoms with Crippen molar-refractivity contribution in [3.8, 4) is 0 Å². The Hall–Kier alpha value is -1.89. The molecule has 0 aromatic carbocycles. The van der Waals surface area contributed by atoms with Gasteiger partial charge in [-0.2, -0.15) is 9.49 Å². The Labute approximate surface area is 106 Å². The van der Waals surface area contributed by atoms with E-state index in [4.69, 9.17) is 11.6 Å². The summed E-state index contributed by atoms with van der Waals surface area (Å²) in [6.07, 6.45) is 3.86. The highest BCUT2D eigenvalue weighted by Gasteiger charge is 2.11. The topological polar surface area (TPSA) is 72.7 Å². The molecule has 0 aliphatic rings. The second kappa shape index (κ2) is 5.18. The van der Waals surface area contributed by atoms with Gasteiger partial charge in [0, 0.05) is 25.5 Å². The van der Waals surface area contributed by atoms with Crippen molar-refractivity contribution in [1.82, 2.24) is 19.3 Å². The summed E-state index contributed by atoms with van der Waals surface area (Å²) < 4.78 is 15.7. The molecular weight excluding hydrogens is 263 g/mol. The average Bonchev–Trinajstić information content (AvgIpc) is 2.84. The fraction of sp³-hybridized carbons (Fsp3) is 0.300. The molecule has 2 aromatic rings. The van der Waals surface area contributed by atoms with Crippen molar-refractivity contribution in [2.75, 3.05) is 0 Å². The number of nitrogens with zero attached hydrogens (tertiary/aromatic N) is 3. The van der Waals surface area contributed by atoms with Crippen molar-refractivity contribution in [1.29, 1.82) is 0 Å². The molecule has 6 nitrogen and oxygen atoms in total. The molecule has 0 fully saturated rings. The Balaban J connectivity index is 2.13. The number of halogens is 2. The monoisotopic (exact) mass is 272 g/mol. The van der Waals surface area contributed by atoms with Gasteiger partial charge in [0.1, 0.15) is 0 Å². The highest BCUT2D eigenvalue weighted by atomic mass is 35.5. The maximum absolute atomic E-state index is 13.2. The summed E-state index contributed by atoms with van der Waals surface area (Å²) in [7, 11) is 0. The van der Waals surface area contributed by atoms with E-state index in [0.717, 1.165) is 4.57 Å². The van der Waals surface area contributed by atoms with E-state index >= 15 is 0 Å². The molecule has 0 saturated heterocycles. The molecule has 0 aliphatic carbocycles. The van der Waals surface area contributed by atoms with Gasteiger partial charge >= 0.3 is 5.69 Å². The average molecular weight is 273 g/mol. The van der Waals surface area contributed by atoms with Gasteiger partial charge in [0.2, 0.25) is 5.82 Å². The third-order valence-electron chi connectivity index (χ3n) is 2.42. The third-order valence-corrected chi connectivity index (χ3v) is 2.68. The van der Waals surface area contributed by atoms with Gasteiger partial charge in [-0.15, -0.1) is 0 Å². The normalized spacial score (nSPS) is 10.8. The summed E-state index contributed by atoms with van der Waals surface area (Å²) in [5.41, 5.74) is -1.73. The van der Waals surface area contributed by atoms with E-state index in [1.54, 1.807) is 23.1 Å². The van der Waals surface area contributed by atoms with E-state index < -0.39 is 22.2 Å². The molecule has 0 saturated carbocycles. The lowest BCUT2D eigenvalue weighted by atomic mass is 10.4. The molecule has 2 heterocycles. The second-order valence-electron chi connectivity index (χ2n) is 3.64. The summed E-state index contributed by atoms with van der Waals surface area (Å²) in [5, 5.41) is 3.41. The van der Waals surface area contributed by atoms with Crippen molar-refractivity contribution >= 4 is 11.6 Å². The van der Waals surface area contributed by atoms with E-state index in [9.17, 15) is 14.0 Å². The number of H-pyrrole nitrogens is 1. The standard InChI is InChI=1S/C10H10ClFN4O2/c11-8-7(12)9(17)16(10(18)14-8)6-2-5-15-4-1-3-13-15/h1,3-4H,2,5-6H2,(H,14,18). The Morgan fingerprint density at radius 1 is 1.39 bits per heavy atom. The van der Waals surface area contributed by atoms with Crippen LogP contribution in [0.4, 0.5) is 4.39 Å². The van der Waals surface area contributed by atoms with Gasteiger partial charge in [-0.1, -0.05) is 11.6 Å². The Kier molecular flexibility index (Phi) is 3.61. The van der Waals surface area contributed by atoms with Gasteiger partial charge < -0.3 is 0 Å². The number of hydrogen-bond acceptors (Lipinski definition) is 3. The molecule has 0 radical (unpaired) electrons. The predicted molar refractivity (Wildman–Crippen MR) is 63.1 cm³/mol. The summed E-state index contributed by atoms with van der Waals surface area (Å²) in [4.78, 5) is 25.0. The molecule has 0 amide bonds. The van der Waals surface area contributed by atoms with Gasteiger partial charge in [-0.25, -0.2) is 4.79 Å². The Morgan fingerprint density at radius 2 is 2.17 bits per heavy atom. The van der Waals surface area contributed by atoms with Crippen LogP contribution < -0.4 is 11.2 Å². The van der Waals surface area contributed by atoms with Crippen molar-refractivity contribution in [3.63, 3.8) is 0 Å². The molecule has 8 heteroatoms. The van der Waals surface area contributed by atoms with Crippen LogP contribution in [0.1, 0.15) is 6.42 Å². The minimum absolute atomic E-state index is 0.0993. The first-order valence-corrected chi connectivity index (χ1v) is 5.63. The number of hydrogen-bond donors (Lipinski definition) is 1. The van der Waals surface area contributed by atoms with Gasteiger partial charge in [0.25, 0.3) is 5.56 Å². The van der Waals surface area contributed by atoms with E-state index in [1.165, 1.54) is 0 Å². The quantitative estimate of drug-likeness (QED) is 0.829. The van der Waals surface area contributed by atoms with Crippen LogP contribution in [-0.4, -0.2) is 19.3 Å². The first kappa shape index (κ1) is 12.6. The van der Waals surface area contributed by atoms with Gasteiger partial charge in [0.15, 0.2) is 5.15 Å². The molecule has 96 valence electrons. The summed E-state index contributed by atoms with van der Waals surface area (Å²) >= 11 is 5.35. The number of aromatic amines is 1. The molecule has 18 heavy (non-hydrogen) atoms. The van der Waals surface area contributed by atoms with Gasteiger partial charge in [-0.05, 0) is 12.5 Å². The highest BCUT2D eigenvalue weighted by molar-refractivity contribution is 6.29. The van der Waals surface area contributed by atoms with Crippen LogP contribution in [0.25, 0.3) is 0 Å². The zero-order valence-corrected chi connectivity index (χ0v) is 10.0. The van der Waals surface area contributed by atoms with Crippen molar-refractivity contribution < 1.29 is 4.39 Å². The van der Waals surface area contributed by atoms with Crippen LogP contribution in [-0.2, 0) is 13.1 Å². The number of aromatic nitrogens is 4. The second-order valence-corrected chi connectivity index (χ2v) is 4.02. The van der Waals surface area contributed by atoms with E-state index in [0.29, 0.717) is 13.0 Å². The lowest BCUT2D eigenvalue weighted by molar-refractivity contribution is 0.485. The predicted octanol–water partition coefficient (Wildman–Crippen LogP) is 0.616. The van der Waals surface area contributed by atoms with Crippen LogP contribution in [0.3, 0.4) is 0 Å². The first-order chi connectivity index (χ1) is 8.59. The molecular formula is C10H10ClFN4O2. The maximum Gasteiger partial charge on any atom is 0.329 e. The molecule has 1 N–H and O–H groups in total. The summed E-state index contributed by atoms with van der Waals surface area (Å²) in [6, 6.07) is 1.76. The van der Waals surface area contributed by atoms with E-state index in [1.807, 2.05) is 0 Å². The number of rotatable bonds is 4. The minimum atomic E-state index is -1.14. The molecule has 0 unspecified atom stereocenters.